The molecule has 0 saturated heterocycles. The Morgan fingerprint density at radius 3 is 2.53 bits per heavy atom. The van der Waals surface area contributed by atoms with E-state index in [9.17, 15) is 5.11 Å². The largest absolute Gasteiger partial charge is 0.508 e. The Balaban J connectivity index is 1.89. The van der Waals surface area contributed by atoms with Gasteiger partial charge < -0.3 is 15.2 Å². The Hall–Kier alpha value is -2.00. The van der Waals surface area contributed by atoms with Gasteiger partial charge in [0.2, 0.25) is 0 Å². The van der Waals surface area contributed by atoms with Crippen molar-refractivity contribution in [2.24, 2.45) is 0 Å². The molecule has 0 amide bonds. The summed E-state index contributed by atoms with van der Waals surface area (Å²) in [6.45, 7) is 4.40. The average molecular weight is 257 g/mol. The van der Waals surface area contributed by atoms with Gasteiger partial charge in [-0.05, 0) is 41.9 Å². The van der Waals surface area contributed by atoms with Crippen LogP contribution in [0.25, 0.3) is 0 Å². The number of phenols is 1. The summed E-state index contributed by atoms with van der Waals surface area (Å²) in [5.74, 6) is 1.10. The van der Waals surface area contributed by atoms with Gasteiger partial charge in [-0.1, -0.05) is 31.2 Å². The van der Waals surface area contributed by atoms with Gasteiger partial charge in [-0.3, -0.25) is 0 Å². The summed E-state index contributed by atoms with van der Waals surface area (Å²) in [6, 6.07) is 15.2. The monoisotopic (exact) mass is 257 g/mol. The van der Waals surface area contributed by atoms with Crippen molar-refractivity contribution >= 4 is 0 Å². The first-order chi connectivity index (χ1) is 9.28. The lowest BCUT2D eigenvalue weighted by atomic mass is 10.2. The summed E-state index contributed by atoms with van der Waals surface area (Å²) in [6.07, 6.45) is 0. The number of hydrogen-bond acceptors (Lipinski definition) is 3. The molecular formula is C16H19NO2. The van der Waals surface area contributed by atoms with Crippen LogP contribution < -0.4 is 10.1 Å². The van der Waals surface area contributed by atoms with Gasteiger partial charge in [-0.15, -0.1) is 0 Å². The van der Waals surface area contributed by atoms with Crippen molar-refractivity contribution in [3.05, 3.63) is 59.7 Å². The molecule has 0 aromatic heterocycles. The molecule has 0 radical (unpaired) electrons. The minimum atomic E-state index is 0.266. The summed E-state index contributed by atoms with van der Waals surface area (Å²) in [4.78, 5) is 0. The van der Waals surface area contributed by atoms with Crippen LogP contribution in [0, 0.1) is 0 Å². The molecular weight excluding hydrogens is 238 g/mol. The fourth-order valence-electron chi connectivity index (χ4n) is 1.79. The molecule has 0 atom stereocenters. The molecule has 0 saturated carbocycles. The smallest absolute Gasteiger partial charge is 0.119 e. The molecule has 0 heterocycles. The first kappa shape index (κ1) is 13.4. The molecule has 0 aliphatic carbocycles. The number of aromatic hydroxyl groups is 1. The maximum Gasteiger partial charge on any atom is 0.119 e. The number of phenolic OH excluding ortho intramolecular Hbond substituents is 1. The van der Waals surface area contributed by atoms with Crippen LogP contribution in [0.4, 0.5) is 0 Å². The molecule has 3 nitrogen and oxygen atoms in total. The zero-order valence-electron chi connectivity index (χ0n) is 11.1. The Morgan fingerprint density at radius 2 is 1.84 bits per heavy atom. The molecule has 0 bridgehead atoms. The fourth-order valence-corrected chi connectivity index (χ4v) is 1.79. The van der Waals surface area contributed by atoms with Gasteiger partial charge in [-0.25, -0.2) is 0 Å². The van der Waals surface area contributed by atoms with Crippen molar-refractivity contribution in [2.45, 2.75) is 20.1 Å². The molecule has 2 aromatic carbocycles. The number of hydrogen-bond donors (Lipinski definition) is 2. The van der Waals surface area contributed by atoms with E-state index in [-0.39, 0.29) is 5.75 Å². The Labute approximate surface area is 113 Å². The molecule has 2 N–H and O–H groups in total. The number of ether oxygens (including phenoxy) is 1. The highest BCUT2D eigenvalue weighted by molar-refractivity contribution is 5.29. The Kier molecular flexibility index (Phi) is 4.81. The molecule has 0 aliphatic heterocycles. The summed E-state index contributed by atoms with van der Waals surface area (Å²) in [5.41, 5.74) is 2.20. The van der Waals surface area contributed by atoms with Crippen LogP contribution in [0.15, 0.2) is 48.5 Å². The van der Waals surface area contributed by atoms with E-state index in [0.717, 1.165) is 24.4 Å². The van der Waals surface area contributed by atoms with Crippen molar-refractivity contribution < 1.29 is 9.84 Å². The molecule has 0 spiro atoms. The van der Waals surface area contributed by atoms with Gasteiger partial charge in [0.1, 0.15) is 18.1 Å². The van der Waals surface area contributed by atoms with Crippen molar-refractivity contribution in [3.63, 3.8) is 0 Å². The topological polar surface area (TPSA) is 41.5 Å². The van der Waals surface area contributed by atoms with Crippen molar-refractivity contribution in [1.29, 1.82) is 0 Å². The van der Waals surface area contributed by atoms with Gasteiger partial charge in [0.25, 0.3) is 0 Å². The number of benzene rings is 2. The zero-order valence-corrected chi connectivity index (χ0v) is 11.1. The summed E-state index contributed by atoms with van der Waals surface area (Å²) >= 11 is 0. The van der Waals surface area contributed by atoms with E-state index in [1.165, 1.54) is 5.56 Å². The predicted molar refractivity (Wildman–Crippen MR) is 76.3 cm³/mol. The van der Waals surface area contributed by atoms with Crippen LogP contribution in [0.2, 0.25) is 0 Å². The van der Waals surface area contributed by atoms with E-state index in [1.54, 1.807) is 12.1 Å². The second-order valence-corrected chi connectivity index (χ2v) is 4.38. The van der Waals surface area contributed by atoms with Crippen molar-refractivity contribution in [2.75, 3.05) is 6.54 Å². The van der Waals surface area contributed by atoms with E-state index in [1.807, 2.05) is 24.3 Å². The van der Waals surface area contributed by atoms with Gasteiger partial charge in [-0.2, -0.15) is 0 Å². The third kappa shape index (κ3) is 4.30. The SMILES string of the molecule is CCNCc1ccc(OCc2cccc(O)c2)cc1. The highest BCUT2D eigenvalue weighted by Crippen LogP contribution is 2.16. The standard InChI is InChI=1S/C16H19NO2/c1-2-17-11-13-6-8-16(9-7-13)19-12-14-4-3-5-15(18)10-14/h3-10,17-18H,2,11-12H2,1H3. The van der Waals surface area contributed by atoms with Gasteiger partial charge in [0, 0.05) is 6.54 Å². The highest BCUT2D eigenvalue weighted by Gasteiger charge is 1.98. The number of rotatable bonds is 6. The third-order valence-electron chi connectivity index (χ3n) is 2.82. The van der Waals surface area contributed by atoms with E-state index >= 15 is 0 Å². The first-order valence-electron chi connectivity index (χ1n) is 6.48. The lowest BCUT2D eigenvalue weighted by molar-refractivity contribution is 0.305. The van der Waals surface area contributed by atoms with Crippen LogP contribution in [0.1, 0.15) is 18.1 Å². The summed E-state index contributed by atoms with van der Waals surface area (Å²) in [7, 11) is 0. The molecule has 0 fully saturated rings. The summed E-state index contributed by atoms with van der Waals surface area (Å²) < 4.78 is 5.67. The second-order valence-electron chi connectivity index (χ2n) is 4.38. The quantitative estimate of drug-likeness (QED) is 0.835. The normalized spacial score (nSPS) is 10.4. The Morgan fingerprint density at radius 1 is 1.05 bits per heavy atom. The average Bonchev–Trinajstić information content (AvgIpc) is 2.44. The third-order valence-corrected chi connectivity index (χ3v) is 2.82. The maximum absolute atomic E-state index is 9.37. The Bertz CT molecular complexity index is 508. The highest BCUT2D eigenvalue weighted by atomic mass is 16.5. The van der Waals surface area contributed by atoms with Gasteiger partial charge >= 0.3 is 0 Å². The van der Waals surface area contributed by atoms with E-state index in [4.69, 9.17) is 4.74 Å². The van der Waals surface area contributed by atoms with E-state index < -0.39 is 0 Å². The second kappa shape index (κ2) is 6.81. The first-order valence-corrected chi connectivity index (χ1v) is 6.48. The molecule has 0 unspecified atom stereocenters. The molecule has 3 heteroatoms. The predicted octanol–water partition coefficient (Wildman–Crippen LogP) is 3.08. The molecule has 100 valence electrons. The minimum Gasteiger partial charge on any atom is -0.508 e. The maximum atomic E-state index is 9.37. The molecule has 0 aliphatic rings. The fraction of sp³-hybridized carbons (Fsp3) is 0.250. The molecule has 19 heavy (non-hydrogen) atoms. The van der Waals surface area contributed by atoms with Gasteiger partial charge in [0.15, 0.2) is 0 Å². The van der Waals surface area contributed by atoms with Gasteiger partial charge in [0.05, 0.1) is 0 Å². The molecule has 2 rings (SSSR count). The lowest BCUT2D eigenvalue weighted by Gasteiger charge is -2.08. The number of nitrogens with one attached hydrogen (secondary N) is 1. The van der Waals surface area contributed by atoms with Crippen molar-refractivity contribution in [3.8, 4) is 11.5 Å². The van der Waals surface area contributed by atoms with Crippen LogP contribution in [0.3, 0.4) is 0 Å². The van der Waals surface area contributed by atoms with Crippen LogP contribution >= 0.6 is 0 Å². The lowest BCUT2D eigenvalue weighted by Crippen LogP contribution is -2.11. The van der Waals surface area contributed by atoms with E-state index in [2.05, 4.69) is 24.4 Å². The molecule has 2 aromatic rings. The van der Waals surface area contributed by atoms with E-state index in [0.29, 0.717) is 6.61 Å². The van der Waals surface area contributed by atoms with Crippen LogP contribution in [-0.4, -0.2) is 11.7 Å². The van der Waals surface area contributed by atoms with Crippen LogP contribution in [0.5, 0.6) is 11.5 Å². The van der Waals surface area contributed by atoms with Crippen LogP contribution in [-0.2, 0) is 13.2 Å². The summed E-state index contributed by atoms with van der Waals surface area (Å²) in [5, 5.41) is 12.6. The minimum absolute atomic E-state index is 0.266. The zero-order chi connectivity index (χ0) is 13.5. The van der Waals surface area contributed by atoms with Crippen molar-refractivity contribution in [1.82, 2.24) is 5.32 Å².